The first-order valence-electron chi connectivity index (χ1n) is 4.44. The fourth-order valence-electron chi connectivity index (χ4n) is 0.809. The molecule has 15 heavy (non-hydrogen) atoms. The number of nitrogens with zero attached hydrogens (tertiary/aromatic N) is 1. The van der Waals surface area contributed by atoms with Gasteiger partial charge in [0.15, 0.2) is 0 Å². The van der Waals surface area contributed by atoms with Gasteiger partial charge in [-0.2, -0.15) is 0 Å². The van der Waals surface area contributed by atoms with E-state index in [0.717, 1.165) is 4.47 Å². The van der Waals surface area contributed by atoms with Gasteiger partial charge >= 0.3 is 0 Å². The van der Waals surface area contributed by atoms with E-state index in [-0.39, 0.29) is 5.91 Å². The second-order valence-corrected chi connectivity index (χ2v) is 4.45. The largest absolute Gasteiger partial charge is 0.369 e. The minimum Gasteiger partial charge on any atom is -0.369 e. The molecule has 0 saturated carbocycles. The number of methoxy groups -OCH3 is 1. The number of nitrogens with one attached hydrogen (secondary N) is 1. The molecule has 1 N–H and O–H groups in total. The van der Waals surface area contributed by atoms with E-state index in [2.05, 4.69) is 26.2 Å². The molecule has 82 valence electrons. The zero-order valence-electron chi connectivity index (χ0n) is 8.87. The monoisotopic (exact) mass is 272 g/mol. The lowest BCUT2D eigenvalue weighted by atomic mass is 10.1. The van der Waals surface area contributed by atoms with Crippen LogP contribution in [0.1, 0.15) is 13.8 Å². The van der Waals surface area contributed by atoms with Gasteiger partial charge in [-0.1, -0.05) is 0 Å². The van der Waals surface area contributed by atoms with Gasteiger partial charge in [0.1, 0.15) is 11.4 Å². The highest BCUT2D eigenvalue weighted by atomic mass is 79.9. The first-order chi connectivity index (χ1) is 6.95. The molecule has 1 heterocycles. The molecule has 0 aliphatic heterocycles. The number of ether oxygens (including phenoxy) is 1. The standard InChI is InChI=1S/C10H13BrN2O2/c1-10(2,15-3)9(14)13-8-5-4-7(11)6-12-8/h4-6H,1-3H3,(H,12,13,14). The summed E-state index contributed by atoms with van der Waals surface area (Å²) in [7, 11) is 1.49. The highest BCUT2D eigenvalue weighted by Crippen LogP contribution is 2.14. The second-order valence-electron chi connectivity index (χ2n) is 3.53. The topological polar surface area (TPSA) is 51.2 Å². The van der Waals surface area contributed by atoms with Crippen molar-refractivity contribution in [2.24, 2.45) is 0 Å². The van der Waals surface area contributed by atoms with E-state index in [4.69, 9.17) is 4.74 Å². The van der Waals surface area contributed by atoms with Crippen molar-refractivity contribution >= 4 is 27.7 Å². The predicted molar refractivity (Wildman–Crippen MR) is 61.7 cm³/mol. The van der Waals surface area contributed by atoms with Gasteiger partial charge in [0.05, 0.1) is 0 Å². The van der Waals surface area contributed by atoms with Gasteiger partial charge < -0.3 is 10.1 Å². The lowest BCUT2D eigenvalue weighted by Gasteiger charge is -2.21. The molecule has 0 aliphatic rings. The molecule has 0 saturated heterocycles. The van der Waals surface area contributed by atoms with Crippen molar-refractivity contribution in [2.75, 3.05) is 12.4 Å². The van der Waals surface area contributed by atoms with Gasteiger partial charge in [0, 0.05) is 17.8 Å². The van der Waals surface area contributed by atoms with Gasteiger partial charge in [0.2, 0.25) is 0 Å². The van der Waals surface area contributed by atoms with E-state index in [9.17, 15) is 4.79 Å². The van der Waals surface area contributed by atoms with Crippen molar-refractivity contribution < 1.29 is 9.53 Å². The highest BCUT2D eigenvalue weighted by Gasteiger charge is 2.27. The van der Waals surface area contributed by atoms with Gasteiger partial charge in [0.25, 0.3) is 5.91 Å². The van der Waals surface area contributed by atoms with Crippen molar-refractivity contribution in [1.82, 2.24) is 4.98 Å². The third-order valence-electron chi connectivity index (χ3n) is 2.03. The maximum Gasteiger partial charge on any atom is 0.257 e. The van der Waals surface area contributed by atoms with E-state index >= 15 is 0 Å². The molecule has 0 fully saturated rings. The molecule has 0 aromatic carbocycles. The van der Waals surface area contributed by atoms with Crippen LogP contribution in [0.5, 0.6) is 0 Å². The lowest BCUT2D eigenvalue weighted by Crippen LogP contribution is -2.39. The molecule has 0 bridgehead atoms. The normalized spacial score (nSPS) is 11.2. The summed E-state index contributed by atoms with van der Waals surface area (Å²) in [5.74, 6) is 0.285. The van der Waals surface area contributed by atoms with E-state index in [1.165, 1.54) is 7.11 Å². The quantitative estimate of drug-likeness (QED) is 0.918. The van der Waals surface area contributed by atoms with Gasteiger partial charge in [-0.15, -0.1) is 0 Å². The van der Waals surface area contributed by atoms with Crippen LogP contribution in [0.2, 0.25) is 0 Å². The summed E-state index contributed by atoms with van der Waals surface area (Å²) >= 11 is 3.26. The molecule has 4 nitrogen and oxygen atoms in total. The van der Waals surface area contributed by atoms with Crippen LogP contribution in [0.3, 0.4) is 0 Å². The smallest absolute Gasteiger partial charge is 0.257 e. The number of pyridine rings is 1. The van der Waals surface area contributed by atoms with Crippen LogP contribution < -0.4 is 5.32 Å². The molecule has 0 unspecified atom stereocenters. The number of hydrogen-bond acceptors (Lipinski definition) is 3. The summed E-state index contributed by atoms with van der Waals surface area (Å²) in [6.07, 6.45) is 1.62. The molecule has 1 aromatic rings. The summed E-state index contributed by atoms with van der Waals surface area (Å²) in [6.45, 7) is 3.39. The van der Waals surface area contributed by atoms with Crippen LogP contribution in [0, 0.1) is 0 Å². The Morgan fingerprint density at radius 3 is 2.67 bits per heavy atom. The number of hydrogen-bond donors (Lipinski definition) is 1. The molecule has 0 radical (unpaired) electrons. The van der Waals surface area contributed by atoms with Crippen LogP contribution >= 0.6 is 15.9 Å². The fourth-order valence-corrected chi connectivity index (χ4v) is 1.04. The molecule has 1 aromatic heterocycles. The summed E-state index contributed by atoms with van der Waals surface area (Å²) in [6, 6.07) is 3.52. The Kier molecular flexibility index (Phi) is 3.82. The maximum atomic E-state index is 11.7. The molecule has 1 amide bonds. The number of amides is 1. The van der Waals surface area contributed by atoms with Crippen molar-refractivity contribution in [3.63, 3.8) is 0 Å². The Morgan fingerprint density at radius 2 is 2.20 bits per heavy atom. The molecular weight excluding hydrogens is 260 g/mol. The van der Waals surface area contributed by atoms with Crippen LogP contribution in [0.25, 0.3) is 0 Å². The zero-order chi connectivity index (χ0) is 11.5. The number of carbonyl (C=O) groups excluding carboxylic acids is 1. The second kappa shape index (κ2) is 4.72. The third kappa shape index (κ3) is 3.28. The van der Waals surface area contributed by atoms with Crippen molar-refractivity contribution in [1.29, 1.82) is 0 Å². The van der Waals surface area contributed by atoms with Crippen LogP contribution in [-0.4, -0.2) is 23.6 Å². The average Bonchev–Trinajstić information content (AvgIpc) is 2.21. The Bertz CT molecular complexity index is 349. The van der Waals surface area contributed by atoms with Crippen molar-refractivity contribution in [3.05, 3.63) is 22.8 Å². The number of rotatable bonds is 3. The lowest BCUT2D eigenvalue weighted by molar-refractivity contribution is -0.133. The first kappa shape index (κ1) is 12.1. The maximum absolute atomic E-state index is 11.7. The number of carbonyl (C=O) groups is 1. The van der Waals surface area contributed by atoms with E-state index in [0.29, 0.717) is 5.82 Å². The van der Waals surface area contributed by atoms with Gasteiger partial charge in [-0.05, 0) is 41.9 Å². The highest BCUT2D eigenvalue weighted by molar-refractivity contribution is 9.10. The molecule has 1 rings (SSSR count). The van der Waals surface area contributed by atoms with Crippen molar-refractivity contribution in [3.8, 4) is 0 Å². The van der Waals surface area contributed by atoms with Crippen LogP contribution in [0.4, 0.5) is 5.82 Å². The van der Waals surface area contributed by atoms with E-state index in [1.54, 1.807) is 26.1 Å². The molecule has 0 atom stereocenters. The summed E-state index contributed by atoms with van der Waals surface area (Å²) in [5.41, 5.74) is -0.852. The molecule has 5 heteroatoms. The van der Waals surface area contributed by atoms with E-state index in [1.807, 2.05) is 6.07 Å². The third-order valence-corrected chi connectivity index (χ3v) is 2.50. The Morgan fingerprint density at radius 1 is 1.53 bits per heavy atom. The fraction of sp³-hybridized carbons (Fsp3) is 0.400. The minimum absolute atomic E-state index is 0.222. The zero-order valence-corrected chi connectivity index (χ0v) is 10.5. The number of halogens is 1. The molecule has 0 spiro atoms. The van der Waals surface area contributed by atoms with Gasteiger partial charge in [-0.3, -0.25) is 4.79 Å². The average molecular weight is 273 g/mol. The van der Waals surface area contributed by atoms with Crippen molar-refractivity contribution in [2.45, 2.75) is 19.4 Å². The van der Waals surface area contributed by atoms with Gasteiger partial charge in [-0.25, -0.2) is 4.98 Å². The predicted octanol–water partition coefficient (Wildman–Crippen LogP) is 2.21. The molecular formula is C10H13BrN2O2. The Balaban J connectivity index is 2.71. The summed E-state index contributed by atoms with van der Waals surface area (Å²) in [5, 5.41) is 2.66. The number of anilines is 1. The van der Waals surface area contributed by atoms with Crippen LogP contribution in [0.15, 0.2) is 22.8 Å². The SMILES string of the molecule is COC(C)(C)C(=O)Nc1ccc(Br)cn1. The minimum atomic E-state index is -0.852. The van der Waals surface area contributed by atoms with E-state index < -0.39 is 5.60 Å². The summed E-state index contributed by atoms with van der Waals surface area (Å²) < 4.78 is 5.91. The number of aromatic nitrogens is 1. The first-order valence-corrected chi connectivity index (χ1v) is 5.23. The summed E-state index contributed by atoms with van der Waals surface area (Å²) in [4.78, 5) is 15.7. The Labute approximate surface area is 97.2 Å². The Hall–Kier alpha value is -0.940. The van der Waals surface area contributed by atoms with Crippen LogP contribution in [-0.2, 0) is 9.53 Å². The molecule has 0 aliphatic carbocycles.